The number of hydrogen-bond donors (Lipinski definition) is 2. The van der Waals surface area contributed by atoms with E-state index in [-0.39, 0.29) is 42.8 Å². The molecule has 3 N–H and O–H groups in total. The number of nitrogens with one attached hydrogen (secondary N) is 1. The van der Waals surface area contributed by atoms with Crippen molar-refractivity contribution in [1.82, 2.24) is 10.2 Å². The Morgan fingerprint density at radius 1 is 1.22 bits per heavy atom. The fourth-order valence-electron chi connectivity index (χ4n) is 2.97. The minimum atomic E-state index is -0.216. The minimum Gasteiger partial charge on any atom is -0.352 e. The Hall–Kier alpha value is -0.810. The molecule has 1 atom stereocenters. The number of likely N-dealkylation sites (N-methyl/N-ethyl adjacent to an activating group) is 1. The molecule has 1 aliphatic rings. The van der Waals surface area contributed by atoms with Gasteiger partial charge in [-0.05, 0) is 44.8 Å². The Bertz CT molecular complexity index is 450. The topological polar surface area (TPSA) is 58.4 Å². The monoisotopic (exact) mass is 361 g/mol. The van der Waals surface area contributed by atoms with Gasteiger partial charge in [-0.1, -0.05) is 37.3 Å². The van der Waals surface area contributed by atoms with Crippen molar-refractivity contribution in [2.75, 3.05) is 13.6 Å². The van der Waals surface area contributed by atoms with Crippen LogP contribution < -0.4 is 11.1 Å². The van der Waals surface area contributed by atoms with E-state index in [9.17, 15) is 4.79 Å². The lowest BCUT2D eigenvalue weighted by Crippen LogP contribution is -2.45. The Morgan fingerprint density at radius 2 is 1.78 bits per heavy atom. The van der Waals surface area contributed by atoms with Crippen molar-refractivity contribution in [3.63, 3.8) is 0 Å². The second-order valence-electron chi connectivity index (χ2n) is 6.01. The van der Waals surface area contributed by atoms with Crippen LogP contribution in [-0.4, -0.2) is 36.5 Å². The van der Waals surface area contributed by atoms with E-state index in [1.807, 2.05) is 37.4 Å². The summed E-state index contributed by atoms with van der Waals surface area (Å²) in [6.07, 6.45) is 3.99. The first-order valence-electron chi connectivity index (χ1n) is 7.93. The molecule has 1 aromatic carbocycles. The molecule has 0 radical (unpaired) electrons. The molecular weight excluding hydrogens is 333 g/mol. The van der Waals surface area contributed by atoms with Gasteiger partial charge >= 0.3 is 0 Å². The number of benzene rings is 1. The van der Waals surface area contributed by atoms with Crippen molar-refractivity contribution in [3.05, 3.63) is 35.9 Å². The van der Waals surface area contributed by atoms with Gasteiger partial charge in [0.2, 0.25) is 5.91 Å². The largest absolute Gasteiger partial charge is 0.352 e. The van der Waals surface area contributed by atoms with Crippen LogP contribution in [0.3, 0.4) is 0 Å². The van der Waals surface area contributed by atoms with Crippen molar-refractivity contribution in [1.29, 1.82) is 0 Å². The summed E-state index contributed by atoms with van der Waals surface area (Å²) in [6.45, 7) is 2.91. The molecule has 4 nitrogen and oxygen atoms in total. The molecule has 1 unspecified atom stereocenters. The number of halogens is 2. The first-order valence-corrected chi connectivity index (χ1v) is 7.93. The molecule has 1 saturated carbocycles. The molecule has 23 heavy (non-hydrogen) atoms. The number of hydrogen-bond acceptors (Lipinski definition) is 3. The first-order chi connectivity index (χ1) is 10.1. The molecule has 0 aliphatic heterocycles. The minimum absolute atomic E-state index is 0. The molecule has 2 rings (SSSR count). The van der Waals surface area contributed by atoms with Gasteiger partial charge in [-0.2, -0.15) is 0 Å². The summed E-state index contributed by atoms with van der Waals surface area (Å²) in [5.74, 6) is 0.103. The molecule has 0 spiro atoms. The average molecular weight is 362 g/mol. The van der Waals surface area contributed by atoms with Crippen LogP contribution in [0.5, 0.6) is 0 Å². The third kappa shape index (κ3) is 6.30. The average Bonchev–Trinajstić information content (AvgIpc) is 2.50. The van der Waals surface area contributed by atoms with E-state index >= 15 is 0 Å². The molecule has 132 valence electrons. The molecule has 0 heterocycles. The summed E-state index contributed by atoms with van der Waals surface area (Å²) < 4.78 is 0. The van der Waals surface area contributed by atoms with E-state index in [1.54, 1.807) is 0 Å². The third-order valence-electron chi connectivity index (χ3n) is 4.42. The summed E-state index contributed by atoms with van der Waals surface area (Å²) in [5.41, 5.74) is 6.98. The van der Waals surface area contributed by atoms with Crippen LogP contribution in [0.15, 0.2) is 30.3 Å². The highest BCUT2D eigenvalue weighted by Crippen LogP contribution is 2.22. The summed E-state index contributed by atoms with van der Waals surface area (Å²) in [6, 6.07) is 10.4. The number of carbonyl (C=O) groups is 1. The lowest BCUT2D eigenvalue weighted by Gasteiger charge is -2.31. The van der Waals surface area contributed by atoms with E-state index in [0.29, 0.717) is 6.04 Å². The van der Waals surface area contributed by atoms with Crippen LogP contribution in [0.1, 0.15) is 44.2 Å². The van der Waals surface area contributed by atoms with Gasteiger partial charge in [0.1, 0.15) is 6.04 Å². The van der Waals surface area contributed by atoms with Gasteiger partial charge in [0, 0.05) is 12.1 Å². The molecule has 1 aromatic rings. The van der Waals surface area contributed by atoms with Crippen LogP contribution in [0.25, 0.3) is 0 Å². The van der Waals surface area contributed by atoms with Crippen LogP contribution in [0, 0.1) is 0 Å². The zero-order valence-corrected chi connectivity index (χ0v) is 15.5. The van der Waals surface area contributed by atoms with Gasteiger partial charge < -0.3 is 11.1 Å². The summed E-state index contributed by atoms with van der Waals surface area (Å²) in [5, 5.41) is 3.22. The zero-order valence-electron chi connectivity index (χ0n) is 13.9. The van der Waals surface area contributed by atoms with E-state index < -0.39 is 0 Å². The number of carbonyl (C=O) groups excluding carboxylic acids is 1. The number of nitrogens with two attached hydrogens (primary N) is 1. The summed E-state index contributed by atoms with van der Waals surface area (Å²) in [7, 11) is 1.99. The van der Waals surface area contributed by atoms with Gasteiger partial charge in [-0.15, -0.1) is 24.8 Å². The van der Waals surface area contributed by atoms with Crippen molar-refractivity contribution in [2.24, 2.45) is 5.73 Å². The maximum absolute atomic E-state index is 12.7. The maximum atomic E-state index is 12.7. The maximum Gasteiger partial charge on any atom is 0.242 e. The standard InChI is InChI=1S/C17H27N3O.2ClH/c1-3-20(2)16(13-7-5-4-6-8-13)17(21)19-15-11-9-14(18)10-12-15;;/h4-8,14-16H,3,9-12,18H2,1-2H3,(H,19,21);2*1H. The molecular formula is C17H29Cl2N3O. The second kappa shape index (κ2) is 10.9. The summed E-state index contributed by atoms with van der Waals surface area (Å²) in [4.78, 5) is 14.8. The highest BCUT2D eigenvalue weighted by Gasteiger charge is 2.27. The SMILES string of the molecule is CCN(C)C(C(=O)NC1CCC(N)CC1)c1ccccc1.Cl.Cl. The van der Waals surface area contributed by atoms with Crippen molar-refractivity contribution >= 4 is 30.7 Å². The second-order valence-corrected chi connectivity index (χ2v) is 6.01. The Labute approximate surface area is 152 Å². The fraction of sp³-hybridized carbons (Fsp3) is 0.588. The molecule has 6 heteroatoms. The van der Waals surface area contributed by atoms with Crippen LogP contribution >= 0.6 is 24.8 Å². The lowest BCUT2D eigenvalue weighted by molar-refractivity contribution is -0.127. The highest BCUT2D eigenvalue weighted by molar-refractivity contribution is 5.85. The normalized spacial score (nSPS) is 21.7. The van der Waals surface area contributed by atoms with E-state index in [0.717, 1.165) is 37.8 Å². The van der Waals surface area contributed by atoms with E-state index in [1.165, 1.54) is 0 Å². The summed E-state index contributed by atoms with van der Waals surface area (Å²) >= 11 is 0. The Balaban J connectivity index is 0.00000242. The lowest BCUT2D eigenvalue weighted by atomic mass is 9.91. The quantitative estimate of drug-likeness (QED) is 0.847. The molecule has 1 aliphatic carbocycles. The number of nitrogens with zero attached hydrogens (tertiary/aromatic N) is 1. The van der Waals surface area contributed by atoms with Crippen LogP contribution in [0.2, 0.25) is 0 Å². The van der Waals surface area contributed by atoms with Gasteiger partial charge in [0.05, 0.1) is 0 Å². The predicted molar refractivity (Wildman–Crippen MR) is 100 cm³/mol. The van der Waals surface area contributed by atoms with E-state index in [2.05, 4.69) is 17.1 Å². The molecule has 0 aromatic heterocycles. The van der Waals surface area contributed by atoms with Crippen LogP contribution in [-0.2, 0) is 4.79 Å². The zero-order chi connectivity index (χ0) is 15.2. The van der Waals surface area contributed by atoms with Gasteiger partial charge in [0.15, 0.2) is 0 Å². The van der Waals surface area contributed by atoms with Gasteiger partial charge in [-0.3, -0.25) is 9.69 Å². The molecule has 0 saturated heterocycles. The third-order valence-corrected chi connectivity index (χ3v) is 4.42. The smallest absolute Gasteiger partial charge is 0.242 e. The van der Waals surface area contributed by atoms with Crippen molar-refractivity contribution < 1.29 is 4.79 Å². The number of amides is 1. The van der Waals surface area contributed by atoms with Crippen LogP contribution in [0.4, 0.5) is 0 Å². The van der Waals surface area contributed by atoms with Gasteiger partial charge in [-0.25, -0.2) is 0 Å². The fourth-order valence-corrected chi connectivity index (χ4v) is 2.97. The van der Waals surface area contributed by atoms with Crippen molar-refractivity contribution in [2.45, 2.75) is 50.7 Å². The van der Waals surface area contributed by atoms with Crippen molar-refractivity contribution in [3.8, 4) is 0 Å². The molecule has 1 amide bonds. The first kappa shape index (κ1) is 22.2. The highest BCUT2D eigenvalue weighted by atomic mass is 35.5. The predicted octanol–water partition coefficient (Wildman–Crippen LogP) is 2.91. The number of rotatable bonds is 5. The van der Waals surface area contributed by atoms with Gasteiger partial charge in [0.25, 0.3) is 0 Å². The molecule has 0 bridgehead atoms. The molecule has 1 fully saturated rings. The Morgan fingerprint density at radius 3 is 2.30 bits per heavy atom. The Kier molecular flexibility index (Phi) is 10.5. The van der Waals surface area contributed by atoms with E-state index in [4.69, 9.17) is 5.73 Å².